The second-order valence-electron chi connectivity index (χ2n) is 9.56. The maximum absolute atomic E-state index is 13.3. The van der Waals surface area contributed by atoms with Gasteiger partial charge in [-0.05, 0) is 54.1 Å². The number of ether oxygens (including phenoxy) is 1. The molecular formula is C31H20F3N5O2S. The van der Waals surface area contributed by atoms with Gasteiger partial charge in [-0.1, -0.05) is 53.8 Å². The zero-order valence-electron chi connectivity index (χ0n) is 22.0. The largest absolute Gasteiger partial charge is 0.497 e. The van der Waals surface area contributed by atoms with Gasteiger partial charge in [-0.15, -0.1) is 10.2 Å². The summed E-state index contributed by atoms with van der Waals surface area (Å²) < 4.78 is 52.8. The van der Waals surface area contributed by atoms with Gasteiger partial charge in [-0.25, -0.2) is 4.98 Å². The fourth-order valence-corrected chi connectivity index (χ4v) is 5.65. The van der Waals surface area contributed by atoms with Crippen molar-refractivity contribution in [3.63, 3.8) is 0 Å². The zero-order valence-corrected chi connectivity index (χ0v) is 22.8. The molecule has 0 atom stereocenters. The molecule has 0 spiro atoms. The van der Waals surface area contributed by atoms with Crippen LogP contribution >= 0.6 is 11.3 Å². The van der Waals surface area contributed by atoms with Crippen molar-refractivity contribution in [3.05, 3.63) is 108 Å². The lowest BCUT2D eigenvalue weighted by Crippen LogP contribution is -2.04. The molecular weight excluding hydrogens is 563 g/mol. The Bertz CT molecular complexity index is 2060. The number of alkyl halides is 3. The number of methoxy groups -OCH3 is 1. The van der Waals surface area contributed by atoms with Crippen molar-refractivity contribution >= 4 is 27.2 Å². The Balaban J connectivity index is 1.27. The molecule has 0 fully saturated rings. The molecule has 0 saturated carbocycles. The Kier molecular flexibility index (Phi) is 6.23. The monoisotopic (exact) mass is 583 g/mol. The number of nitrogens with zero attached hydrogens (tertiary/aromatic N) is 5. The van der Waals surface area contributed by atoms with Gasteiger partial charge in [0, 0.05) is 22.9 Å². The van der Waals surface area contributed by atoms with Crippen LogP contribution in [-0.2, 0) is 12.6 Å². The molecule has 3 aromatic carbocycles. The second kappa shape index (κ2) is 10.1. The second-order valence-corrected chi connectivity index (χ2v) is 10.5. The highest BCUT2D eigenvalue weighted by Crippen LogP contribution is 2.37. The summed E-state index contributed by atoms with van der Waals surface area (Å²) in [4.78, 5) is 5.44. The van der Waals surface area contributed by atoms with Gasteiger partial charge in [0.25, 0.3) is 0 Å². The molecule has 0 bridgehead atoms. The van der Waals surface area contributed by atoms with Crippen molar-refractivity contribution in [1.82, 2.24) is 24.8 Å². The van der Waals surface area contributed by atoms with Gasteiger partial charge in [0.15, 0.2) is 11.6 Å². The number of aromatic nitrogens is 5. The van der Waals surface area contributed by atoms with Crippen LogP contribution in [0.15, 0.2) is 95.4 Å². The highest BCUT2D eigenvalue weighted by atomic mass is 32.1. The Morgan fingerprint density at radius 2 is 1.69 bits per heavy atom. The molecule has 0 unspecified atom stereocenters. The first-order valence-electron chi connectivity index (χ1n) is 12.9. The van der Waals surface area contributed by atoms with Crippen LogP contribution in [0.5, 0.6) is 5.75 Å². The predicted octanol–water partition coefficient (Wildman–Crippen LogP) is 7.95. The average Bonchev–Trinajstić information content (AvgIpc) is 3.74. The first-order chi connectivity index (χ1) is 20.4. The summed E-state index contributed by atoms with van der Waals surface area (Å²) in [7, 11) is 1.63. The highest BCUT2D eigenvalue weighted by Gasteiger charge is 2.30. The Morgan fingerprint density at radius 3 is 2.50 bits per heavy atom. The van der Waals surface area contributed by atoms with Gasteiger partial charge >= 0.3 is 6.18 Å². The fourth-order valence-electron chi connectivity index (χ4n) is 4.76. The van der Waals surface area contributed by atoms with Gasteiger partial charge in [0.2, 0.25) is 4.96 Å². The molecule has 208 valence electrons. The Hall–Kier alpha value is -5.03. The number of fused-ring (bicyclic) bond motifs is 2. The van der Waals surface area contributed by atoms with Crippen LogP contribution in [0.4, 0.5) is 13.2 Å². The van der Waals surface area contributed by atoms with E-state index in [0.717, 1.165) is 44.9 Å². The summed E-state index contributed by atoms with van der Waals surface area (Å²) in [5.41, 5.74) is 2.73. The number of para-hydroxylation sites is 1. The van der Waals surface area contributed by atoms with E-state index >= 15 is 0 Å². The minimum absolute atomic E-state index is 0.314. The summed E-state index contributed by atoms with van der Waals surface area (Å²) in [5, 5.41) is 15.2. The van der Waals surface area contributed by atoms with Gasteiger partial charge in [-0.2, -0.15) is 22.8 Å². The van der Waals surface area contributed by atoms with Gasteiger partial charge < -0.3 is 9.15 Å². The average molecular weight is 584 g/mol. The number of furan rings is 1. The van der Waals surface area contributed by atoms with Crippen molar-refractivity contribution in [2.45, 2.75) is 12.6 Å². The molecule has 7 aromatic rings. The number of hydrogen-bond donors (Lipinski definition) is 0. The molecule has 7 nitrogen and oxygen atoms in total. The van der Waals surface area contributed by atoms with Crippen LogP contribution in [0.25, 0.3) is 49.2 Å². The topological polar surface area (TPSA) is 78.3 Å². The number of rotatable bonds is 6. The molecule has 0 N–H and O–H groups in total. The zero-order chi connectivity index (χ0) is 28.8. The van der Waals surface area contributed by atoms with Gasteiger partial charge in [-0.3, -0.25) is 0 Å². The summed E-state index contributed by atoms with van der Waals surface area (Å²) >= 11 is 1.41. The maximum Gasteiger partial charge on any atom is 0.416 e. The molecule has 0 saturated heterocycles. The van der Waals surface area contributed by atoms with Crippen LogP contribution < -0.4 is 4.74 Å². The van der Waals surface area contributed by atoms with Crippen molar-refractivity contribution in [3.8, 4) is 39.1 Å². The third kappa shape index (κ3) is 4.77. The summed E-state index contributed by atoms with van der Waals surface area (Å²) in [6.45, 7) is 0. The van der Waals surface area contributed by atoms with E-state index in [4.69, 9.17) is 19.2 Å². The van der Waals surface area contributed by atoms with Crippen molar-refractivity contribution in [2.24, 2.45) is 0 Å². The maximum atomic E-state index is 13.3. The minimum Gasteiger partial charge on any atom is -0.497 e. The van der Waals surface area contributed by atoms with Crippen molar-refractivity contribution in [1.29, 1.82) is 0 Å². The first-order valence-corrected chi connectivity index (χ1v) is 13.7. The van der Waals surface area contributed by atoms with E-state index < -0.39 is 11.7 Å². The molecule has 7 rings (SSSR count). The molecule has 4 heterocycles. The molecule has 0 amide bonds. The number of pyridine rings is 1. The third-order valence-corrected chi connectivity index (χ3v) is 7.79. The quantitative estimate of drug-likeness (QED) is 0.198. The molecule has 0 aliphatic carbocycles. The summed E-state index contributed by atoms with van der Waals surface area (Å²) in [6, 6.07) is 25.7. The van der Waals surface area contributed by atoms with E-state index in [1.807, 2.05) is 54.6 Å². The van der Waals surface area contributed by atoms with E-state index in [9.17, 15) is 13.2 Å². The lowest BCUT2D eigenvalue weighted by molar-refractivity contribution is -0.137. The van der Waals surface area contributed by atoms with E-state index in [2.05, 4.69) is 10.2 Å². The summed E-state index contributed by atoms with van der Waals surface area (Å²) in [6.07, 6.45) is -3.90. The first kappa shape index (κ1) is 25.9. The third-order valence-electron chi connectivity index (χ3n) is 6.86. The number of hydrogen-bond acceptors (Lipinski definition) is 7. The van der Waals surface area contributed by atoms with Crippen molar-refractivity contribution in [2.75, 3.05) is 7.11 Å². The lowest BCUT2D eigenvalue weighted by atomic mass is 10.1. The highest BCUT2D eigenvalue weighted by molar-refractivity contribution is 7.19. The molecule has 0 aliphatic heterocycles. The number of halogens is 3. The van der Waals surface area contributed by atoms with E-state index in [-0.39, 0.29) is 0 Å². The smallest absolute Gasteiger partial charge is 0.416 e. The Labute approximate surface area is 240 Å². The normalized spacial score (nSPS) is 11.9. The van der Waals surface area contributed by atoms with Crippen LogP contribution in [0.2, 0.25) is 0 Å². The van der Waals surface area contributed by atoms with Crippen LogP contribution in [0.1, 0.15) is 17.0 Å². The standard InChI is InChI=1S/C31H20F3N5O2S/c1-40-21-11-9-18(10-12-21)15-28-36-37-30-39(28)38-29(42-30)23-17-25(35-24-8-3-2-7-22(23)24)27-14-13-26(41-27)19-5-4-6-20(16-19)31(32,33)34/h2-14,16-17H,15H2,1H3. The van der Waals surface area contributed by atoms with Gasteiger partial charge in [0.05, 0.1) is 18.2 Å². The van der Waals surface area contributed by atoms with Crippen LogP contribution in [-0.4, -0.2) is 31.9 Å². The molecule has 0 aliphatic rings. The lowest BCUT2D eigenvalue weighted by Gasteiger charge is -2.08. The SMILES string of the molecule is COc1ccc(Cc2nnc3sc(-c4cc(-c5ccc(-c6cccc(C(F)(F)F)c6)o5)nc5ccccc45)nn23)cc1. The van der Waals surface area contributed by atoms with E-state index in [0.29, 0.717) is 40.0 Å². The molecule has 0 radical (unpaired) electrons. The van der Waals surface area contributed by atoms with Gasteiger partial charge in [0.1, 0.15) is 22.2 Å². The predicted molar refractivity (Wildman–Crippen MR) is 153 cm³/mol. The minimum atomic E-state index is -4.45. The van der Waals surface area contributed by atoms with E-state index in [1.54, 1.807) is 29.8 Å². The molecule has 11 heteroatoms. The number of benzene rings is 3. The van der Waals surface area contributed by atoms with E-state index in [1.165, 1.54) is 17.4 Å². The molecule has 42 heavy (non-hydrogen) atoms. The molecule has 4 aromatic heterocycles. The van der Waals surface area contributed by atoms with Crippen LogP contribution in [0.3, 0.4) is 0 Å². The fraction of sp³-hybridized carbons (Fsp3) is 0.0968. The summed E-state index contributed by atoms with van der Waals surface area (Å²) in [5.74, 6) is 2.22. The Morgan fingerprint density at radius 1 is 0.881 bits per heavy atom. The van der Waals surface area contributed by atoms with Crippen LogP contribution in [0, 0.1) is 0 Å². The van der Waals surface area contributed by atoms with Crippen molar-refractivity contribution < 1.29 is 22.3 Å².